The smallest absolute Gasteiger partial charge is 0.273 e. The number of rotatable bonds is 7. The minimum Gasteiger partial charge on any atom is -0.507 e. The van der Waals surface area contributed by atoms with Crippen LogP contribution in [0.15, 0.2) is 71.6 Å². The molecule has 0 unspecified atom stereocenters. The average molecular weight is 470 g/mol. The van der Waals surface area contributed by atoms with Crippen LogP contribution in [0.5, 0.6) is 11.5 Å². The van der Waals surface area contributed by atoms with Gasteiger partial charge in [-0.1, -0.05) is 19.1 Å². The van der Waals surface area contributed by atoms with Crippen molar-refractivity contribution in [3.8, 4) is 11.5 Å². The van der Waals surface area contributed by atoms with E-state index in [1.165, 1.54) is 43.5 Å². The number of nitrogens with one attached hydrogen (secondary N) is 3. The summed E-state index contributed by atoms with van der Waals surface area (Å²) in [6.07, 6.45) is 0.665. The lowest BCUT2D eigenvalue weighted by atomic mass is 10.1. The Morgan fingerprint density at radius 1 is 0.939 bits per heavy atom. The van der Waals surface area contributed by atoms with Crippen LogP contribution in [0.1, 0.15) is 33.2 Å². The zero-order chi connectivity index (χ0) is 24.0. The highest BCUT2D eigenvalue weighted by molar-refractivity contribution is 7.92. The fourth-order valence-electron chi connectivity index (χ4n) is 2.92. The first kappa shape index (κ1) is 23.6. The lowest BCUT2D eigenvalue weighted by molar-refractivity contribution is 0.0845. The average Bonchev–Trinajstić information content (AvgIpc) is 2.83. The predicted octanol–water partition coefficient (Wildman–Crippen LogP) is 2.84. The number of carbonyl (C=O) groups excluding carboxylic acids is 2. The quantitative estimate of drug-likeness (QED) is 0.393. The van der Waals surface area contributed by atoms with Gasteiger partial charge in [0, 0.05) is 11.3 Å². The molecule has 2 amide bonds. The summed E-state index contributed by atoms with van der Waals surface area (Å²) < 4.78 is 32.9. The molecule has 10 heteroatoms. The number of aromatic hydroxyl groups is 1. The Balaban J connectivity index is 1.70. The van der Waals surface area contributed by atoms with E-state index in [1.807, 2.05) is 6.92 Å². The highest BCUT2D eigenvalue weighted by atomic mass is 32.2. The molecule has 3 rings (SSSR count). The number of phenolic OH excluding ortho intramolecular Hbond substituents is 1. The Bertz CT molecular complexity index is 1270. The minimum absolute atomic E-state index is 0.00895. The van der Waals surface area contributed by atoms with Crippen molar-refractivity contribution in [1.82, 2.24) is 10.9 Å². The van der Waals surface area contributed by atoms with Crippen LogP contribution in [0, 0.1) is 0 Å². The molecule has 0 aliphatic carbocycles. The van der Waals surface area contributed by atoms with Gasteiger partial charge in [-0.2, -0.15) is 0 Å². The number of carbonyl (C=O) groups is 2. The summed E-state index contributed by atoms with van der Waals surface area (Å²) in [5, 5.41) is 9.91. The van der Waals surface area contributed by atoms with Crippen molar-refractivity contribution in [2.45, 2.75) is 18.2 Å². The van der Waals surface area contributed by atoms with Gasteiger partial charge < -0.3 is 9.84 Å². The molecule has 4 N–H and O–H groups in total. The maximum Gasteiger partial charge on any atom is 0.273 e. The number of sulfonamides is 1. The molecule has 0 saturated carbocycles. The van der Waals surface area contributed by atoms with Gasteiger partial charge in [0.2, 0.25) is 0 Å². The number of aryl methyl sites for hydroxylation is 1. The second-order valence-electron chi connectivity index (χ2n) is 6.98. The van der Waals surface area contributed by atoms with E-state index in [-0.39, 0.29) is 21.8 Å². The second-order valence-corrected chi connectivity index (χ2v) is 8.66. The molecule has 0 spiro atoms. The van der Waals surface area contributed by atoms with E-state index >= 15 is 0 Å². The van der Waals surface area contributed by atoms with Crippen LogP contribution in [0.4, 0.5) is 5.69 Å². The molecule has 3 aromatic carbocycles. The number of benzene rings is 3. The van der Waals surface area contributed by atoms with Gasteiger partial charge in [-0.15, -0.1) is 0 Å². The lowest BCUT2D eigenvalue weighted by Gasteiger charge is -2.11. The summed E-state index contributed by atoms with van der Waals surface area (Å²) in [5.74, 6) is -1.08. The molecular formula is C23H23N3O6S. The standard InChI is InChI=1S/C23H23N3O6S/c1-3-15-7-12-21(27)20(13-15)23(29)25-24-22(28)16-5-4-6-19(14-16)33(30,31)26-17-8-10-18(32-2)11-9-17/h4-14,26-27H,3H2,1-2H3,(H,24,28)(H,25,29). The summed E-state index contributed by atoms with van der Waals surface area (Å²) in [5.41, 5.74) is 5.63. The molecule has 33 heavy (non-hydrogen) atoms. The number of amides is 2. The zero-order valence-corrected chi connectivity index (χ0v) is 18.8. The van der Waals surface area contributed by atoms with Gasteiger partial charge >= 0.3 is 0 Å². The Hall–Kier alpha value is -4.05. The first-order valence-electron chi connectivity index (χ1n) is 9.93. The van der Waals surface area contributed by atoms with Crippen LogP contribution >= 0.6 is 0 Å². The Morgan fingerprint density at radius 2 is 1.64 bits per heavy atom. The summed E-state index contributed by atoms with van der Waals surface area (Å²) in [6.45, 7) is 1.90. The van der Waals surface area contributed by atoms with Gasteiger partial charge in [0.15, 0.2) is 0 Å². The van der Waals surface area contributed by atoms with E-state index in [1.54, 1.807) is 30.3 Å². The monoisotopic (exact) mass is 469 g/mol. The normalized spacial score (nSPS) is 10.8. The van der Waals surface area contributed by atoms with Crippen molar-refractivity contribution in [2.24, 2.45) is 0 Å². The molecule has 0 radical (unpaired) electrons. The Labute approximate surface area is 191 Å². The topological polar surface area (TPSA) is 134 Å². The fraction of sp³-hybridized carbons (Fsp3) is 0.130. The Kier molecular flexibility index (Phi) is 7.19. The summed E-state index contributed by atoms with van der Waals surface area (Å²) >= 11 is 0. The Morgan fingerprint density at radius 3 is 2.30 bits per heavy atom. The molecule has 0 atom stereocenters. The number of hydrogen-bond acceptors (Lipinski definition) is 6. The predicted molar refractivity (Wildman–Crippen MR) is 123 cm³/mol. The minimum atomic E-state index is -3.97. The lowest BCUT2D eigenvalue weighted by Crippen LogP contribution is -2.41. The van der Waals surface area contributed by atoms with Gasteiger partial charge in [-0.3, -0.25) is 25.2 Å². The maximum absolute atomic E-state index is 12.7. The van der Waals surface area contributed by atoms with E-state index in [0.717, 1.165) is 5.56 Å². The maximum atomic E-state index is 12.7. The van der Waals surface area contributed by atoms with Crippen molar-refractivity contribution in [3.63, 3.8) is 0 Å². The van der Waals surface area contributed by atoms with E-state index in [4.69, 9.17) is 4.74 Å². The molecule has 0 bridgehead atoms. The molecule has 0 aromatic heterocycles. The number of ether oxygens (including phenoxy) is 1. The molecular weight excluding hydrogens is 446 g/mol. The first-order valence-corrected chi connectivity index (χ1v) is 11.4. The van der Waals surface area contributed by atoms with Crippen molar-refractivity contribution in [3.05, 3.63) is 83.4 Å². The third kappa shape index (κ3) is 5.80. The van der Waals surface area contributed by atoms with Crippen LogP contribution in [0.25, 0.3) is 0 Å². The third-order valence-electron chi connectivity index (χ3n) is 4.75. The van der Waals surface area contributed by atoms with E-state index in [2.05, 4.69) is 15.6 Å². The second kappa shape index (κ2) is 10.0. The molecule has 9 nitrogen and oxygen atoms in total. The van der Waals surface area contributed by atoms with Crippen LogP contribution in [0.3, 0.4) is 0 Å². The van der Waals surface area contributed by atoms with Crippen molar-refractivity contribution in [1.29, 1.82) is 0 Å². The van der Waals surface area contributed by atoms with Crippen LogP contribution < -0.4 is 20.3 Å². The molecule has 3 aromatic rings. The van der Waals surface area contributed by atoms with E-state index < -0.39 is 21.8 Å². The molecule has 0 aliphatic heterocycles. The molecule has 0 heterocycles. The van der Waals surface area contributed by atoms with Gasteiger partial charge in [-0.05, 0) is 66.6 Å². The van der Waals surface area contributed by atoms with Gasteiger partial charge in [0.05, 0.1) is 17.6 Å². The molecule has 0 aliphatic rings. The third-order valence-corrected chi connectivity index (χ3v) is 6.13. The summed E-state index contributed by atoms with van der Waals surface area (Å²) in [4.78, 5) is 24.7. The van der Waals surface area contributed by atoms with Crippen LogP contribution in [-0.2, 0) is 16.4 Å². The van der Waals surface area contributed by atoms with E-state index in [9.17, 15) is 23.1 Å². The highest BCUT2D eigenvalue weighted by Crippen LogP contribution is 2.21. The van der Waals surface area contributed by atoms with Crippen LogP contribution in [0.2, 0.25) is 0 Å². The number of hydrogen-bond donors (Lipinski definition) is 4. The highest BCUT2D eigenvalue weighted by Gasteiger charge is 2.18. The van der Waals surface area contributed by atoms with E-state index in [0.29, 0.717) is 17.9 Å². The van der Waals surface area contributed by atoms with Crippen molar-refractivity contribution >= 4 is 27.5 Å². The first-order chi connectivity index (χ1) is 15.7. The largest absolute Gasteiger partial charge is 0.507 e. The van der Waals surface area contributed by atoms with Crippen LogP contribution in [-0.4, -0.2) is 32.4 Å². The number of hydrazine groups is 1. The number of anilines is 1. The molecule has 0 fully saturated rings. The summed E-state index contributed by atoms with van der Waals surface area (Å²) in [6, 6.07) is 16.3. The number of methoxy groups -OCH3 is 1. The molecule has 0 saturated heterocycles. The summed E-state index contributed by atoms with van der Waals surface area (Å²) in [7, 11) is -2.46. The van der Waals surface area contributed by atoms with Crippen molar-refractivity contribution in [2.75, 3.05) is 11.8 Å². The SMILES string of the molecule is CCc1ccc(O)c(C(=O)NNC(=O)c2cccc(S(=O)(=O)Nc3ccc(OC)cc3)c2)c1. The number of phenols is 1. The fourth-order valence-corrected chi connectivity index (χ4v) is 4.02. The van der Waals surface area contributed by atoms with Crippen molar-refractivity contribution < 1.29 is 27.9 Å². The van der Waals surface area contributed by atoms with Gasteiger partial charge in [-0.25, -0.2) is 8.42 Å². The van der Waals surface area contributed by atoms with Gasteiger partial charge in [0.25, 0.3) is 21.8 Å². The molecule has 172 valence electrons. The zero-order valence-electron chi connectivity index (χ0n) is 18.0. The van der Waals surface area contributed by atoms with Gasteiger partial charge in [0.1, 0.15) is 11.5 Å².